The van der Waals surface area contributed by atoms with Crippen LogP contribution in [0.2, 0.25) is 5.02 Å². The summed E-state index contributed by atoms with van der Waals surface area (Å²) in [6, 6.07) is 17.4. The summed E-state index contributed by atoms with van der Waals surface area (Å²) in [5.74, 6) is -0.687. The Morgan fingerprint density at radius 1 is 1.08 bits per heavy atom. The molecule has 2 amide bonds. The van der Waals surface area contributed by atoms with Crippen molar-refractivity contribution in [1.82, 2.24) is 9.88 Å². The summed E-state index contributed by atoms with van der Waals surface area (Å²) in [5, 5.41) is 3.64. The fraction of sp³-hybridized carbons (Fsp3) is 0.387. The molecule has 6 nitrogen and oxygen atoms in total. The molecule has 0 radical (unpaired) electrons. The summed E-state index contributed by atoms with van der Waals surface area (Å²) in [6.45, 7) is 8.84. The number of piperidine rings is 1. The Morgan fingerprint density at radius 3 is 2.42 bits per heavy atom. The molecule has 1 aliphatic heterocycles. The zero-order valence-electron chi connectivity index (χ0n) is 23.1. The van der Waals surface area contributed by atoms with Crippen molar-refractivity contribution in [2.75, 3.05) is 30.9 Å². The quantitative estimate of drug-likeness (QED) is 0.400. The molecule has 200 valence electrons. The lowest BCUT2D eigenvalue weighted by molar-refractivity contribution is -0.123. The molecule has 2 heterocycles. The van der Waals surface area contributed by atoms with Gasteiger partial charge in [0.25, 0.3) is 5.91 Å². The largest absolute Gasteiger partial charge is 0.378 e. The second-order valence-electron chi connectivity index (χ2n) is 11.3. The van der Waals surface area contributed by atoms with Crippen molar-refractivity contribution >= 4 is 34.8 Å². The zero-order chi connectivity index (χ0) is 27.6. The summed E-state index contributed by atoms with van der Waals surface area (Å²) in [4.78, 5) is 35.9. The van der Waals surface area contributed by atoms with Crippen LogP contribution in [0.4, 0.5) is 11.4 Å². The van der Waals surface area contributed by atoms with Gasteiger partial charge in [-0.3, -0.25) is 9.59 Å². The predicted octanol–water partition coefficient (Wildman–Crippen LogP) is 6.64. The van der Waals surface area contributed by atoms with Gasteiger partial charge in [0.1, 0.15) is 5.69 Å². The van der Waals surface area contributed by atoms with E-state index in [0.717, 1.165) is 34.5 Å². The van der Waals surface area contributed by atoms with Gasteiger partial charge >= 0.3 is 0 Å². The van der Waals surface area contributed by atoms with Crippen molar-refractivity contribution < 1.29 is 9.59 Å². The molecule has 1 fully saturated rings. The van der Waals surface area contributed by atoms with E-state index in [4.69, 9.17) is 11.6 Å². The fourth-order valence-electron chi connectivity index (χ4n) is 5.08. The van der Waals surface area contributed by atoms with Gasteiger partial charge in [0.05, 0.1) is 17.0 Å². The van der Waals surface area contributed by atoms with Crippen molar-refractivity contribution in [2.24, 2.45) is 5.92 Å². The molecule has 2 aromatic carbocycles. The van der Waals surface area contributed by atoms with Gasteiger partial charge < -0.3 is 15.1 Å². The van der Waals surface area contributed by atoms with Crippen LogP contribution in [-0.4, -0.2) is 42.3 Å². The van der Waals surface area contributed by atoms with Gasteiger partial charge in [-0.1, -0.05) is 56.6 Å². The number of likely N-dealkylation sites (tertiary alicyclic amines) is 1. The smallest absolute Gasteiger partial charge is 0.273 e. The third-order valence-corrected chi connectivity index (χ3v) is 7.43. The molecule has 3 aromatic rings. The summed E-state index contributed by atoms with van der Waals surface area (Å²) in [5.41, 5.74) is 4.95. The molecule has 1 aromatic heterocycles. The third kappa shape index (κ3) is 6.02. The van der Waals surface area contributed by atoms with E-state index < -0.39 is 12.0 Å². The Morgan fingerprint density at radius 2 is 1.79 bits per heavy atom. The SMILES string of the molecule is Cc1cc(Cl)cnc1C(=O)N1CCCC(C(=O)Nc2cccc(C(C)(C)C)c2)C1c1ccc(N(C)C)cc1. The average Bonchev–Trinajstić information content (AvgIpc) is 2.87. The topological polar surface area (TPSA) is 65.5 Å². The maximum atomic E-state index is 13.9. The van der Waals surface area contributed by atoms with Gasteiger partial charge in [0.15, 0.2) is 0 Å². The number of pyridine rings is 1. The molecule has 38 heavy (non-hydrogen) atoms. The minimum absolute atomic E-state index is 0.0328. The molecule has 0 spiro atoms. The van der Waals surface area contributed by atoms with Crippen molar-refractivity contribution in [3.63, 3.8) is 0 Å². The van der Waals surface area contributed by atoms with Gasteiger partial charge in [-0.15, -0.1) is 0 Å². The minimum atomic E-state index is -0.421. The number of nitrogens with zero attached hydrogens (tertiary/aromatic N) is 3. The summed E-state index contributed by atoms with van der Waals surface area (Å²) >= 11 is 6.11. The zero-order valence-corrected chi connectivity index (χ0v) is 23.8. The van der Waals surface area contributed by atoms with E-state index >= 15 is 0 Å². The number of aryl methyl sites for hydroxylation is 1. The summed E-state index contributed by atoms with van der Waals surface area (Å²) < 4.78 is 0. The second-order valence-corrected chi connectivity index (χ2v) is 11.8. The lowest BCUT2D eigenvalue weighted by atomic mass is 9.83. The van der Waals surface area contributed by atoms with Crippen LogP contribution in [0.5, 0.6) is 0 Å². The number of hydrogen-bond donors (Lipinski definition) is 1. The van der Waals surface area contributed by atoms with Gasteiger partial charge in [-0.2, -0.15) is 0 Å². The Hall–Kier alpha value is -3.38. The molecule has 0 bridgehead atoms. The molecular formula is C31H37ClN4O2. The van der Waals surface area contributed by atoms with Crippen molar-refractivity contribution in [3.8, 4) is 0 Å². The monoisotopic (exact) mass is 532 g/mol. The highest BCUT2D eigenvalue weighted by atomic mass is 35.5. The maximum Gasteiger partial charge on any atom is 0.273 e. The van der Waals surface area contributed by atoms with E-state index in [1.165, 1.54) is 6.20 Å². The van der Waals surface area contributed by atoms with E-state index in [-0.39, 0.29) is 17.2 Å². The van der Waals surface area contributed by atoms with Crippen molar-refractivity contribution in [1.29, 1.82) is 0 Å². The van der Waals surface area contributed by atoms with E-state index in [0.29, 0.717) is 23.7 Å². The molecule has 2 atom stereocenters. The molecular weight excluding hydrogens is 496 g/mol. The van der Waals surface area contributed by atoms with Crippen molar-refractivity contribution in [2.45, 2.75) is 52.0 Å². The number of anilines is 2. The van der Waals surface area contributed by atoms with Crippen LogP contribution in [0.1, 0.15) is 66.8 Å². The Bertz CT molecular complexity index is 1310. The number of amides is 2. The van der Waals surface area contributed by atoms with Crippen LogP contribution in [-0.2, 0) is 10.2 Å². The normalized spacial score (nSPS) is 17.7. The average molecular weight is 533 g/mol. The number of rotatable bonds is 5. The first-order chi connectivity index (χ1) is 18.0. The Balaban J connectivity index is 1.70. The van der Waals surface area contributed by atoms with E-state index in [1.54, 1.807) is 6.07 Å². The molecule has 0 aliphatic carbocycles. The molecule has 1 aliphatic rings. The second kappa shape index (κ2) is 11.2. The fourth-order valence-corrected chi connectivity index (χ4v) is 5.29. The van der Waals surface area contributed by atoms with E-state index in [1.807, 2.05) is 73.3 Å². The number of halogens is 1. The number of hydrogen-bond acceptors (Lipinski definition) is 4. The lowest BCUT2D eigenvalue weighted by Gasteiger charge is -2.41. The molecule has 1 saturated heterocycles. The highest BCUT2D eigenvalue weighted by Crippen LogP contribution is 2.39. The number of aromatic nitrogens is 1. The maximum absolute atomic E-state index is 13.9. The van der Waals surface area contributed by atoms with Gasteiger partial charge in [0, 0.05) is 38.2 Å². The Kier molecular flexibility index (Phi) is 8.12. The van der Waals surface area contributed by atoms with Crippen LogP contribution in [0.25, 0.3) is 0 Å². The van der Waals surface area contributed by atoms with Gasteiger partial charge in [-0.05, 0) is 72.2 Å². The third-order valence-electron chi connectivity index (χ3n) is 7.22. The predicted molar refractivity (Wildman–Crippen MR) is 155 cm³/mol. The first kappa shape index (κ1) is 27.6. The minimum Gasteiger partial charge on any atom is -0.378 e. The van der Waals surface area contributed by atoms with E-state index in [9.17, 15) is 9.59 Å². The molecule has 0 saturated carbocycles. The summed E-state index contributed by atoms with van der Waals surface area (Å²) in [6.07, 6.45) is 2.91. The van der Waals surface area contributed by atoms with Crippen molar-refractivity contribution in [3.05, 3.63) is 88.2 Å². The van der Waals surface area contributed by atoms with Crippen LogP contribution in [0.3, 0.4) is 0 Å². The Labute approximate surface area is 231 Å². The first-order valence-electron chi connectivity index (χ1n) is 13.1. The van der Waals surface area contributed by atoms with Crippen LogP contribution in [0, 0.1) is 12.8 Å². The molecule has 4 rings (SSSR count). The van der Waals surface area contributed by atoms with Crippen LogP contribution >= 0.6 is 11.6 Å². The number of carbonyl (C=O) groups is 2. The van der Waals surface area contributed by atoms with Crippen LogP contribution in [0.15, 0.2) is 60.8 Å². The highest BCUT2D eigenvalue weighted by molar-refractivity contribution is 6.30. The lowest BCUT2D eigenvalue weighted by Crippen LogP contribution is -2.46. The summed E-state index contributed by atoms with van der Waals surface area (Å²) in [7, 11) is 3.98. The van der Waals surface area contributed by atoms with Crippen LogP contribution < -0.4 is 10.2 Å². The highest BCUT2D eigenvalue weighted by Gasteiger charge is 2.40. The number of benzene rings is 2. The van der Waals surface area contributed by atoms with Gasteiger partial charge in [-0.25, -0.2) is 4.98 Å². The molecule has 2 unspecified atom stereocenters. The standard InChI is InChI=1S/C31H37ClN4O2/c1-20-17-23(32)19-33-27(20)30(38)36-16-8-11-26(28(36)21-12-14-25(15-13-21)35(5)6)29(37)34-24-10-7-9-22(18-24)31(2,3)4/h7,9-10,12-15,17-19,26,28H,8,11,16H2,1-6H3,(H,34,37). The first-order valence-corrected chi connectivity index (χ1v) is 13.5. The van der Waals surface area contributed by atoms with E-state index in [2.05, 4.69) is 37.1 Å². The molecule has 7 heteroatoms. The van der Waals surface area contributed by atoms with Gasteiger partial charge in [0.2, 0.25) is 5.91 Å². The number of nitrogens with one attached hydrogen (secondary N) is 1. The number of carbonyl (C=O) groups excluding carboxylic acids is 2. The molecule has 1 N–H and O–H groups in total.